The zero-order chi connectivity index (χ0) is 31.5. The van der Waals surface area contributed by atoms with Crippen molar-refractivity contribution in [3.8, 4) is 16.9 Å². The van der Waals surface area contributed by atoms with E-state index in [9.17, 15) is 24.6 Å². The van der Waals surface area contributed by atoms with Gasteiger partial charge in [0.15, 0.2) is 11.3 Å². The van der Waals surface area contributed by atoms with E-state index in [1.54, 1.807) is 30.8 Å². The number of aliphatic carboxylic acids is 2. The number of benzene rings is 3. The van der Waals surface area contributed by atoms with Gasteiger partial charge in [-0.1, -0.05) is 82.3 Å². The molecule has 0 unspecified atom stereocenters. The van der Waals surface area contributed by atoms with E-state index < -0.39 is 28.8 Å². The first-order chi connectivity index (χ1) is 20.3. The SMILES string of the molecule is CC(C)C[C@](N)(C(=O)O)C(=O)/C=C/c1cn(-c2ccccc2)nc1-c1c([C@](N)(CC(C)C)C(=O)O)ccc2ccccc12. The van der Waals surface area contributed by atoms with Gasteiger partial charge in [-0.15, -0.1) is 0 Å². The first kappa shape index (κ1) is 31.3. The van der Waals surface area contributed by atoms with Crippen molar-refractivity contribution in [2.75, 3.05) is 0 Å². The summed E-state index contributed by atoms with van der Waals surface area (Å²) in [6.45, 7) is 7.41. The number of carbonyl (C=O) groups excluding carboxylic acids is 1. The van der Waals surface area contributed by atoms with Gasteiger partial charge in [0.2, 0.25) is 0 Å². The molecule has 0 bridgehead atoms. The average molecular weight is 583 g/mol. The topological polar surface area (TPSA) is 162 Å². The molecule has 0 aliphatic heterocycles. The van der Waals surface area contributed by atoms with Crippen LogP contribution in [0.3, 0.4) is 0 Å². The van der Waals surface area contributed by atoms with Crippen LogP contribution in [0.2, 0.25) is 0 Å². The highest BCUT2D eigenvalue weighted by Crippen LogP contribution is 2.41. The van der Waals surface area contributed by atoms with Crippen LogP contribution in [-0.4, -0.2) is 43.3 Å². The third-order valence-corrected chi connectivity index (χ3v) is 7.49. The number of carboxylic acid groups (broad SMARTS) is 2. The predicted octanol–water partition coefficient (Wildman–Crippen LogP) is 5.39. The third kappa shape index (κ3) is 6.28. The number of nitrogens with zero attached hydrogens (tertiary/aromatic N) is 2. The van der Waals surface area contributed by atoms with E-state index in [0.29, 0.717) is 22.4 Å². The number of hydrogen-bond acceptors (Lipinski definition) is 6. The molecule has 0 saturated heterocycles. The minimum absolute atomic E-state index is 0.0334. The van der Waals surface area contributed by atoms with Crippen LogP contribution in [0.1, 0.15) is 51.7 Å². The van der Waals surface area contributed by atoms with Gasteiger partial charge in [0.05, 0.1) is 5.69 Å². The molecule has 0 radical (unpaired) electrons. The van der Waals surface area contributed by atoms with Gasteiger partial charge in [-0.25, -0.2) is 14.3 Å². The van der Waals surface area contributed by atoms with Crippen molar-refractivity contribution in [3.05, 3.63) is 90.1 Å². The van der Waals surface area contributed by atoms with Gasteiger partial charge in [-0.3, -0.25) is 4.79 Å². The van der Waals surface area contributed by atoms with Gasteiger partial charge in [0, 0.05) is 17.3 Å². The lowest BCUT2D eigenvalue weighted by Crippen LogP contribution is -2.55. The molecule has 6 N–H and O–H groups in total. The van der Waals surface area contributed by atoms with Crippen LogP contribution in [0, 0.1) is 11.8 Å². The standard InChI is InChI=1S/C34H38N4O5/c1-21(2)18-33(35,31(40)41)27-16-14-23-10-8-9-13-26(23)29(27)30-24(20-38(37-30)25-11-6-5-7-12-25)15-17-28(39)34(36,32(42)43)19-22(3)4/h5-17,20-22H,18-19,35-36H2,1-4H3,(H,40,41)(H,42,43)/b17-15+/t33-,34-/m1/s1. The minimum Gasteiger partial charge on any atom is -0.480 e. The smallest absolute Gasteiger partial charge is 0.331 e. The maximum absolute atomic E-state index is 13.3. The fourth-order valence-electron chi connectivity index (χ4n) is 5.52. The summed E-state index contributed by atoms with van der Waals surface area (Å²) < 4.78 is 1.63. The highest BCUT2D eigenvalue weighted by molar-refractivity contribution is 6.14. The van der Waals surface area contributed by atoms with Gasteiger partial charge in [0.1, 0.15) is 11.2 Å². The monoisotopic (exact) mass is 582 g/mol. The lowest BCUT2D eigenvalue weighted by molar-refractivity contribution is -0.148. The first-order valence-electron chi connectivity index (χ1n) is 14.2. The molecule has 3 aromatic carbocycles. The van der Waals surface area contributed by atoms with Crippen LogP contribution in [0.25, 0.3) is 33.8 Å². The minimum atomic E-state index is -2.10. The summed E-state index contributed by atoms with van der Waals surface area (Å²) in [6.07, 6.45) is 4.49. The Morgan fingerprint density at radius 2 is 1.49 bits per heavy atom. The van der Waals surface area contributed by atoms with Crippen molar-refractivity contribution >= 4 is 34.6 Å². The van der Waals surface area contributed by atoms with Gasteiger partial charge >= 0.3 is 11.9 Å². The molecule has 0 amide bonds. The first-order valence-corrected chi connectivity index (χ1v) is 14.2. The molecule has 0 saturated carbocycles. The fourth-order valence-corrected chi connectivity index (χ4v) is 5.52. The van der Waals surface area contributed by atoms with E-state index in [0.717, 1.165) is 22.5 Å². The molecule has 1 aromatic heterocycles. The Hall–Kier alpha value is -4.60. The van der Waals surface area contributed by atoms with Crippen LogP contribution < -0.4 is 11.5 Å². The zero-order valence-corrected chi connectivity index (χ0v) is 24.8. The summed E-state index contributed by atoms with van der Waals surface area (Å²) in [5.74, 6) is -3.51. The van der Waals surface area contributed by atoms with Crippen molar-refractivity contribution in [2.24, 2.45) is 23.3 Å². The molecule has 4 aromatic rings. The molecule has 0 spiro atoms. The Kier molecular flexibility index (Phi) is 8.98. The molecule has 2 atom stereocenters. The molecular formula is C34H38N4O5. The Balaban J connectivity index is 2.02. The van der Waals surface area contributed by atoms with E-state index in [1.165, 1.54) is 6.08 Å². The van der Waals surface area contributed by atoms with Crippen LogP contribution >= 0.6 is 0 Å². The highest BCUT2D eigenvalue weighted by Gasteiger charge is 2.42. The molecule has 0 aliphatic rings. The van der Waals surface area contributed by atoms with Crippen molar-refractivity contribution in [3.63, 3.8) is 0 Å². The highest BCUT2D eigenvalue weighted by atomic mass is 16.4. The third-order valence-electron chi connectivity index (χ3n) is 7.49. The number of carbonyl (C=O) groups is 3. The number of ketones is 1. The molecular weight excluding hydrogens is 544 g/mol. The van der Waals surface area contributed by atoms with Gasteiger partial charge in [0.25, 0.3) is 0 Å². The molecule has 4 rings (SSSR count). The van der Waals surface area contributed by atoms with Gasteiger partial charge in [-0.05, 0) is 65.3 Å². The van der Waals surface area contributed by atoms with Crippen molar-refractivity contribution < 1.29 is 24.6 Å². The Morgan fingerprint density at radius 3 is 2.09 bits per heavy atom. The summed E-state index contributed by atoms with van der Waals surface area (Å²) >= 11 is 0. The summed E-state index contributed by atoms with van der Waals surface area (Å²) in [5, 5.41) is 26.8. The normalized spacial score (nSPS) is 14.7. The van der Waals surface area contributed by atoms with Crippen molar-refractivity contribution in [2.45, 2.75) is 51.6 Å². The lowest BCUT2D eigenvalue weighted by Gasteiger charge is -2.30. The lowest BCUT2D eigenvalue weighted by atomic mass is 9.78. The maximum Gasteiger partial charge on any atom is 0.331 e. The average Bonchev–Trinajstić information content (AvgIpc) is 3.38. The Morgan fingerprint density at radius 1 is 0.860 bits per heavy atom. The van der Waals surface area contributed by atoms with Crippen LogP contribution in [-0.2, 0) is 19.9 Å². The summed E-state index contributed by atoms with van der Waals surface area (Å²) in [6, 6.07) is 20.4. The Labute approximate surface area is 250 Å². The predicted molar refractivity (Wildman–Crippen MR) is 168 cm³/mol. The number of aromatic nitrogens is 2. The molecule has 9 nitrogen and oxygen atoms in total. The van der Waals surface area contributed by atoms with E-state index >= 15 is 0 Å². The Bertz CT molecular complexity index is 1690. The number of para-hydroxylation sites is 1. The second kappa shape index (κ2) is 12.3. The largest absolute Gasteiger partial charge is 0.480 e. The number of fused-ring (bicyclic) bond motifs is 1. The molecule has 0 aliphatic carbocycles. The quantitative estimate of drug-likeness (QED) is 0.128. The fraction of sp³-hybridized carbons (Fsp3) is 0.294. The number of carboxylic acids is 2. The van der Waals surface area contributed by atoms with Crippen molar-refractivity contribution in [1.29, 1.82) is 0 Å². The number of nitrogens with two attached hydrogens (primary N) is 2. The van der Waals surface area contributed by atoms with E-state index in [-0.39, 0.29) is 24.7 Å². The second-order valence-corrected chi connectivity index (χ2v) is 11.9. The molecule has 43 heavy (non-hydrogen) atoms. The summed E-state index contributed by atoms with van der Waals surface area (Å²) in [4.78, 5) is 38.1. The molecule has 9 heteroatoms. The molecule has 0 fully saturated rings. The van der Waals surface area contributed by atoms with Gasteiger partial charge < -0.3 is 21.7 Å². The van der Waals surface area contributed by atoms with E-state index in [1.807, 2.05) is 74.5 Å². The van der Waals surface area contributed by atoms with Crippen LogP contribution in [0.15, 0.2) is 79.0 Å². The number of hydrogen-bond donors (Lipinski definition) is 4. The molecule has 1 heterocycles. The van der Waals surface area contributed by atoms with Crippen LogP contribution in [0.4, 0.5) is 0 Å². The summed E-state index contributed by atoms with van der Waals surface area (Å²) in [7, 11) is 0. The van der Waals surface area contributed by atoms with Crippen molar-refractivity contribution in [1.82, 2.24) is 9.78 Å². The van der Waals surface area contributed by atoms with E-state index in [2.05, 4.69) is 0 Å². The van der Waals surface area contributed by atoms with Gasteiger partial charge in [-0.2, -0.15) is 5.10 Å². The maximum atomic E-state index is 13.3. The molecule has 224 valence electrons. The summed E-state index contributed by atoms with van der Waals surface area (Å²) in [5.41, 5.74) is 11.5. The van der Waals surface area contributed by atoms with E-state index in [4.69, 9.17) is 16.6 Å². The van der Waals surface area contributed by atoms with Crippen LogP contribution in [0.5, 0.6) is 0 Å². The zero-order valence-electron chi connectivity index (χ0n) is 24.8. The number of rotatable bonds is 12. The second-order valence-electron chi connectivity index (χ2n) is 11.9.